The zero-order valence-corrected chi connectivity index (χ0v) is 20.5. The highest BCUT2D eigenvalue weighted by molar-refractivity contribution is 6.04. The Hall–Kier alpha value is -4.28. The third kappa shape index (κ3) is 5.04. The Bertz CT molecular complexity index is 1400. The molecule has 1 N–H and O–H groups in total. The van der Waals surface area contributed by atoms with Gasteiger partial charge >= 0.3 is 6.09 Å². The van der Waals surface area contributed by atoms with Crippen molar-refractivity contribution in [3.8, 4) is 11.3 Å². The van der Waals surface area contributed by atoms with E-state index in [-0.39, 0.29) is 24.1 Å². The highest BCUT2D eigenvalue weighted by atomic mass is 16.6. The number of nitrogens with zero attached hydrogens (tertiary/aromatic N) is 7. The predicted molar refractivity (Wildman–Crippen MR) is 133 cm³/mol. The summed E-state index contributed by atoms with van der Waals surface area (Å²) in [4.78, 5) is 35.8. The largest absolute Gasteiger partial charge is 0.447 e. The van der Waals surface area contributed by atoms with Crippen molar-refractivity contribution >= 4 is 28.7 Å². The number of amides is 2. The normalized spacial score (nSPS) is 14.4. The third-order valence-electron chi connectivity index (χ3n) is 6.11. The average molecular weight is 489 g/mol. The van der Waals surface area contributed by atoms with Crippen LogP contribution in [0.2, 0.25) is 0 Å². The summed E-state index contributed by atoms with van der Waals surface area (Å²) >= 11 is 0. The smallest absolute Gasteiger partial charge is 0.410 e. The maximum absolute atomic E-state index is 12.9. The highest BCUT2D eigenvalue weighted by Gasteiger charge is 2.26. The second kappa shape index (κ2) is 9.76. The van der Waals surface area contributed by atoms with Crippen LogP contribution >= 0.6 is 0 Å². The molecule has 1 aliphatic rings. The SMILES string of the molecule is CC(C)OC(=O)N1CCC(n2cc(C(=O)Nc3cc4nc(-c5cnn(C)c5)ccc4cn3)cn2)CC1. The Labute approximate surface area is 208 Å². The van der Waals surface area contributed by atoms with Crippen molar-refractivity contribution in [1.82, 2.24) is 34.4 Å². The summed E-state index contributed by atoms with van der Waals surface area (Å²) < 4.78 is 8.80. The van der Waals surface area contributed by atoms with E-state index in [0.717, 1.165) is 35.0 Å². The third-order valence-corrected chi connectivity index (χ3v) is 6.11. The van der Waals surface area contributed by atoms with Crippen LogP contribution in [0.25, 0.3) is 22.2 Å². The van der Waals surface area contributed by atoms with E-state index in [0.29, 0.717) is 24.5 Å². The first kappa shape index (κ1) is 23.5. The number of likely N-dealkylation sites (tertiary alicyclic amines) is 1. The van der Waals surface area contributed by atoms with Crippen molar-refractivity contribution < 1.29 is 14.3 Å². The molecule has 11 heteroatoms. The second-order valence-corrected chi connectivity index (χ2v) is 9.18. The second-order valence-electron chi connectivity index (χ2n) is 9.18. The van der Waals surface area contributed by atoms with Crippen LogP contribution in [-0.4, -0.2) is 65.6 Å². The maximum atomic E-state index is 12.9. The van der Waals surface area contributed by atoms with Crippen LogP contribution in [0.3, 0.4) is 0 Å². The maximum Gasteiger partial charge on any atom is 0.410 e. The molecule has 5 heterocycles. The van der Waals surface area contributed by atoms with Crippen LogP contribution in [0.15, 0.2) is 49.2 Å². The lowest BCUT2D eigenvalue weighted by Crippen LogP contribution is -2.40. The first-order valence-corrected chi connectivity index (χ1v) is 11.9. The topological polar surface area (TPSA) is 120 Å². The molecule has 0 saturated carbocycles. The van der Waals surface area contributed by atoms with Crippen LogP contribution in [0.4, 0.5) is 10.6 Å². The summed E-state index contributed by atoms with van der Waals surface area (Å²) in [5.74, 6) is 0.113. The summed E-state index contributed by atoms with van der Waals surface area (Å²) in [5.41, 5.74) is 2.87. The number of rotatable bonds is 5. The van der Waals surface area contributed by atoms with Gasteiger partial charge in [0.1, 0.15) is 5.82 Å². The molecule has 4 aromatic rings. The summed E-state index contributed by atoms with van der Waals surface area (Å²) in [6.07, 6.45) is 9.70. The fourth-order valence-corrected chi connectivity index (χ4v) is 4.23. The minimum atomic E-state index is -0.297. The molecule has 1 aliphatic heterocycles. The molecule has 0 bridgehead atoms. The lowest BCUT2D eigenvalue weighted by molar-refractivity contribution is 0.0653. The number of fused-ring (bicyclic) bond motifs is 1. The zero-order chi connectivity index (χ0) is 25.2. The molecule has 186 valence electrons. The van der Waals surface area contributed by atoms with E-state index >= 15 is 0 Å². The molecule has 2 amide bonds. The first-order valence-electron chi connectivity index (χ1n) is 11.9. The van der Waals surface area contributed by atoms with Crippen molar-refractivity contribution in [3.05, 3.63) is 54.7 Å². The van der Waals surface area contributed by atoms with Crippen LogP contribution < -0.4 is 5.32 Å². The number of carbonyl (C=O) groups is 2. The predicted octanol–water partition coefficient (Wildman–Crippen LogP) is 3.66. The number of nitrogens with one attached hydrogen (secondary N) is 1. The molecule has 0 atom stereocenters. The number of pyridine rings is 2. The van der Waals surface area contributed by atoms with Gasteiger partial charge < -0.3 is 15.0 Å². The van der Waals surface area contributed by atoms with Gasteiger partial charge in [-0.1, -0.05) is 0 Å². The Morgan fingerprint density at radius 2 is 1.89 bits per heavy atom. The molecule has 4 aromatic heterocycles. The van der Waals surface area contributed by atoms with Gasteiger partial charge in [-0.25, -0.2) is 14.8 Å². The molecule has 1 saturated heterocycles. The number of carbonyl (C=O) groups excluding carboxylic acids is 2. The number of hydrogen-bond donors (Lipinski definition) is 1. The van der Waals surface area contributed by atoms with E-state index in [1.165, 1.54) is 0 Å². The lowest BCUT2D eigenvalue weighted by Gasteiger charge is -2.31. The quantitative estimate of drug-likeness (QED) is 0.455. The Balaban J connectivity index is 1.24. The molecule has 0 spiro atoms. The Morgan fingerprint density at radius 3 is 2.61 bits per heavy atom. The number of ether oxygens (including phenoxy) is 1. The van der Waals surface area contributed by atoms with Gasteiger partial charge in [0.15, 0.2) is 0 Å². The number of hydrogen-bond acceptors (Lipinski definition) is 7. The molecule has 0 unspecified atom stereocenters. The van der Waals surface area contributed by atoms with E-state index < -0.39 is 0 Å². The number of piperidine rings is 1. The van der Waals surface area contributed by atoms with Gasteiger partial charge in [0.2, 0.25) is 0 Å². The number of aryl methyl sites for hydroxylation is 1. The summed E-state index contributed by atoms with van der Waals surface area (Å²) in [6, 6.07) is 5.74. The highest BCUT2D eigenvalue weighted by Crippen LogP contribution is 2.24. The van der Waals surface area contributed by atoms with E-state index in [4.69, 9.17) is 9.72 Å². The van der Waals surface area contributed by atoms with E-state index in [2.05, 4.69) is 20.5 Å². The van der Waals surface area contributed by atoms with Crippen molar-refractivity contribution in [1.29, 1.82) is 0 Å². The van der Waals surface area contributed by atoms with Crippen LogP contribution in [0.1, 0.15) is 43.1 Å². The molecule has 0 aromatic carbocycles. The van der Waals surface area contributed by atoms with Crippen molar-refractivity contribution in [2.24, 2.45) is 7.05 Å². The Kier molecular flexibility index (Phi) is 6.36. The van der Waals surface area contributed by atoms with Crippen LogP contribution in [0.5, 0.6) is 0 Å². The van der Waals surface area contributed by atoms with Crippen molar-refractivity contribution in [2.75, 3.05) is 18.4 Å². The van der Waals surface area contributed by atoms with Crippen LogP contribution in [-0.2, 0) is 11.8 Å². The summed E-state index contributed by atoms with van der Waals surface area (Å²) in [7, 11) is 1.86. The Morgan fingerprint density at radius 1 is 1.08 bits per heavy atom. The van der Waals surface area contributed by atoms with E-state index in [1.54, 1.807) is 45.1 Å². The van der Waals surface area contributed by atoms with Crippen molar-refractivity contribution in [2.45, 2.75) is 38.8 Å². The van der Waals surface area contributed by atoms with Gasteiger partial charge in [-0.3, -0.25) is 14.2 Å². The standard InChI is InChI=1S/C25H28N8O3/c1-16(2)36-25(35)32-8-6-20(7-9-32)33-15-19(13-28-33)24(34)30-23-10-22-17(11-26-23)4-5-21(29-22)18-12-27-31(3)14-18/h4-5,10-16,20H,6-9H2,1-3H3,(H,26,30,34). The number of anilines is 1. The molecule has 1 fully saturated rings. The molecule has 11 nitrogen and oxygen atoms in total. The fraction of sp³-hybridized carbons (Fsp3) is 0.360. The monoisotopic (exact) mass is 488 g/mol. The first-order chi connectivity index (χ1) is 17.4. The molecule has 0 radical (unpaired) electrons. The van der Waals surface area contributed by atoms with Gasteiger partial charge in [-0.05, 0) is 38.8 Å². The lowest BCUT2D eigenvalue weighted by atomic mass is 10.1. The van der Waals surface area contributed by atoms with Crippen molar-refractivity contribution in [3.63, 3.8) is 0 Å². The van der Waals surface area contributed by atoms with Crippen LogP contribution in [0, 0.1) is 0 Å². The van der Waals surface area contributed by atoms with Gasteiger partial charge in [0, 0.05) is 55.7 Å². The minimum absolute atomic E-state index is 0.114. The minimum Gasteiger partial charge on any atom is -0.447 e. The molecule has 5 rings (SSSR count). The zero-order valence-electron chi connectivity index (χ0n) is 20.5. The fourth-order valence-electron chi connectivity index (χ4n) is 4.23. The summed E-state index contributed by atoms with van der Waals surface area (Å²) in [5, 5.41) is 12.3. The molecule has 36 heavy (non-hydrogen) atoms. The average Bonchev–Trinajstić information content (AvgIpc) is 3.53. The van der Waals surface area contributed by atoms with E-state index in [1.807, 2.05) is 39.2 Å². The molecule has 0 aliphatic carbocycles. The van der Waals surface area contributed by atoms with Gasteiger partial charge in [-0.2, -0.15) is 10.2 Å². The van der Waals surface area contributed by atoms with E-state index in [9.17, 15) is 9.59 Å². The van der Waals surface area contributed by atoms with Gasteiger partial charge in [-0.15, -0.1) is 0 Å². The van der Waals surface area contributed by atoms with Gasteiger partial charge in [0.25, 0.3) is 5.91 Å². The number of aromatic nitrogens is 6. The summed E-state index contributed by atoms with van der Waals surface area (Å²) in [6.45, 7) is 4.86. The molecular formula is C25H28N8O3. The van der Waals surface area contributed by atoms with Gasteiger partial charge in [0.05, 0.1) is 41.3 Å². The molecular weight excluding hydrogens is 460 g/mol.